The molecule has 124 valence electrons. The Morgan fingerprint density at radius 3 is 1.67 bits per heavy atom. The molecule has 0 bridgehead atoms. The van der Waals surface area contributed by atoms with Crippen molar-refractivity contribution in [1.82, 2.24) is 5.06 Å². The van der Waals surface area contributed by atoms with Gasteiger partial charge in [0.05, 0.1) is 0 Å². The predicted molar refractivity (Wildman–Crippen MR) is 90.8 cm³/mol. The van der Waals surface area contributed by atoms with E-state index in [1.165, 1.54) is 24.3 Å². The number of nitrogens with zero attached hydrogens (tertiary/aromatic N) is 1. The molecular weight excluding hydrogens is 430 g/mol. The fraction of sp³-hybridized carbons (Fsp3) is 0.611. The van der Waals surface area contributed by atoms with E-state index < -0.39 is 0 Å². The van der Waals surface area contributed by atoms with Gasteiger partial charge in [0.2, 0.25) is 0 Å². The maximum Gasteiger partial charge on any atom is 2.00 e. The molecule has 0 unspecified atom stereocenters. The van der Waals surface area contributed by atoms with Gasteiger partial charge in [-0.2, -0.15) is 41.5 Å². The van der Waals surface area contributed by atoms with Gasteiger partial charge in [0.15, 0.2) is 0 Å². The van der Waals surface area contributed by atoms with Gasteiger partial charge in [-0.05, 0) is 18.8 Å². The molecule has 3 heteroatoms. The molecular formula is C18H35NOW. The largest absolute Gasteiger partial charge is 2.00 e. The van der Waals surface area contributed by atoms with E-state index in [-0.39, 0.29) is 28.5 Å². The molecule has 0 radical (unpaired) electrons. The van der Waals surface area contributed by atoms with Crippen molar-refractivity contribution in [2.45, 2.75) is 53.9 Å². The summed E-state index contributed by atoms with van der Waals surface area (Å²) in [6.07, 6.45) is 3.62. The molecule has 0 spiro atoms. The fourth-order valence-corrected chi connectivity index (χ4v) is 1.67. The first-order chi connectivity index (χ1) is 9.33. The van der Waals surface area contributed by atoms with Crippen LogP contribution in [0.5, 0.6) is 0 Å². The minimum absolute atomic E-state index is 0. The van der Waals surface area contributed by atoms with Crippen molar-refractivity contribution in [2.75, 3.05) is 13.1 Å². The molecule has 1 N–H and O–H groups in total. The Hall–Kier alpha value is -0.172. The van der Waals surface area contributed by atoms with Crippen LogP contribution in [-0.4, -0.2) is 23.4 Å². The minimum atomic E-state index is 0. The smallest absolute Gasteiger partial charge is 0.358 e. The summed E-state index contributed by atoms with van der Waals surface area (Å²) in [7, 11) is 0. The van der Waals surface area contributed by atoms with E-state index in [9.17, 15) is 0 Å². The summed E-state index contributed by atoms with van der Waals surface area (Å²) in [5.74, 6) is 0.869. The number of benzene rings is 1. The molecule has 0 atom stereocenters. The van der Waals surface area contributed by atoms with Gasteiger partial charge < -0.3 is 12.6 Å². The normalized spacial score (nSPS) is 13.4. The van der Waals surface area contributed by atoms with E-state index in [2.05, 4.69) is 13.0 Å². The van der Waals surface area contributed by atoms with E-state index >= 15 is 0 Å². The van der Waals surface area contributed by atoms with E-state index in [1.807, 2.05) is 58.0 Å². The van der Waals surface area contributed by atoms with Crippen LogP contribution in [0.4, 0.5) is 0 Å². The van der Waals surface area contributed by atoms with Crippen molar-refractivity contribution in [3.63, 3.8) is 0 Å². The van der Waals surface area contributed by atoms with E-state index in [0.717, 1.165) is 19.0 Å². The molecule has 0 amide bonds. The third kappa shape index (κ3) is 19.8. The van der Waals surface area contributed by atoms with Crippen molar-refractivity contribution in [3.8, 4) is 0 Å². The summed E-state index contributed by atoms with van der Waals surface area (Å²) in [6.45, 7) is 12.0. The summed E-state index contributed by atoms with van der Waals surface area (Å²) in [5, 5.41) is 10.4. The fourth-order valence-electron chi connectivity index (χ4n) is 1.67. The summed E-state index contributed by atoms with van der Waals surface area (Å²) in [4.78, 5) is 0. The van der Waals surface area contributed by atoms with Crippen LogP contribution in [0.1, 0.15) is 53.9 Å². The molecule has 1 heterocycles. The summed E-state index contributed by atoms with van der Waals surface area (Å²) < 4.78 is 0. The van der Waals surface area contributed by atoms with Crippen LogP contribution in [0.3, 0.4) is 0 Å². The van der Waals surface area contributed by atoms with Crippen molar-refractivity contribution < 1.29 is 26.3 Å². The molecule has 1 aromatic rings. The maximum atomic E-state index is 8.96. The minimum Gasteiger partial charge on any atom is -0.358 e. The Morgan fingerprint density at radius 1 is 1.00 bits per heavy atom. The van der Waals surface area contributed by atoms with Crippen LogP contribution < -0.4 is 0 Å². The number of rotatable bonds is 1. The molecule has 1 aromatic carbocycles. The van der Waals surface area contributed by atoms with E-state index in [4.69, 9.17) is 5.21 Å². The molecule has 2 rings (SSSR count). The molecule has 1 aliphatic rings. The number of hydrogen-bond donors (Lipinski definition) is 1. The molecule has 1 fully saturated rings. The Morgan fingerprint density at radius 2 is 1.43 bits per heavy atom. The molecule has 0 aromatic heterocycles. The average Bonchev–Trinajstić information content (AvgIpc) is 2.54. The Labute approximate surface area is 148 Å². The first kappa shape index (κ1) is 28.9. The zero-order chi connectivity index (χ0) is 14.9. The van der Waals surface area contributed by atoms with Gasteiger partial charge in [0, 0.05) is 13.1 Å². The topological polar surface area (TPSA) is 23.5 Å². The third-order valence-corrected chi connectivity index (χ3v) is 2.78. The number of piperidine rings is 1. The molecule has 0 aliphatic carbocycles. The maximum absolute atomic E-state index is 8.96. The van der Waals surface area contributed by atoms with Gasteiger partial charge in [0.1, 0.15) is 0 Å². The standard InChI is InChI=1S/C7H15NO.C6H5.2C2H6.CH3.W/c1-2-7-3-5-8(9)6-4-7;1-2-4-6-5-3-1;2*1-2;;/h7,9H,2-6H2,1H3;1-5H;2*1-2H3;1H3;/q;-1;;;-1;+2. The zero-order valence-corrected chi connectivity index (χ0v) is 17.7. The first-order valence-electron chi connectivity index (χ1n) is 7.67. The second kappa shape index (κ2) is 24.8. The Kier molecular flexibility index (Phi) is 34.2. The van der Waals surface area contributed by atoms with Gasteiger partial charge in [0.25, 0.3) is 0 Å². The second-order valence-electron chi connectivity index (χ2n) is 3.88. The van der Waals surface area contributed by atoms with Crippen molar-refractivity contribution in [1.29, 1.82) is 0 Å². The van der Waals surface area contributed by atoms with E-state index in [1.54, 1.807) is 0 Å². The molecule has 1 saturated heterocycles. The van der Waals surface area contributed by atoms with Crippen LogP contribution in [0.25, 0.3) is 0 Å². The van der Waals surface area contributed by atoms with Crippen LogP contribution in [0.15, 0.2) is 30.3 Å². The van der Waals surface area contributed by atoms with Gasteiger partial charge in [-0.15, -0.1) is 0 Å². The van der Waals surface area contributed by atoms with Crippen LogP contribution in [0.2, 0.25) is 0 Å². The quantitative estimate of drug-likeness (QED) is 0.555. The third-order valence-electron chi connectivity index (χ3n) is 2.78. The molecule has 2 nitrogen and oxygen atoms in total. The Balaban J connectivity index is -0.000000107. The Bertz CT molecular complexity index is 210. The first-order valence-corrected chi connectivity index (χ1v) is 7.67. The zero-order valence-electron chi connectivity index (χ0n) is 14.8. The van der Waals surface area contributed by atoms with Crippen molar-refractivity contribution in [2.24, 2.45) is 5.92 Å². The van der Waals surface area contributed by atoms with Gasteiger partial charge >= 0.3 is 21.1 Å². The average molecular weight is 465 g/mol. The monoisotopic (exact) mass is 465 g/mol. The molecule has 21 heavy (non-hydrogen) atoms. The SMILES string of the molecule is CC.CC.CCC1CCN(O)CC1.[CH3-].[W+2].[c-]1ccccc1. The van der Waals surface area contributed by atoms with Crippen LogP contribution in [-0.2, 0) is 21.1 Å². The van der Waals surface area contributed by atoms with Gasteiger partial charge in [-0.25, -0.2) is 0 Å². The summed E-state index contributed by atoms with van der Waals surface area (Å²) in [5.41, 5.74) is 0. The van der Waals surface area contributed by atoms with Crippen molar-refractivity contribution >= 4 is 0 Å². The van der Waals surface area contributed by atoms with Crippen LogP contribution >= 0.6 is 0 Å². The second-order valence-corrected chi connectivity index (χ2v) is 3.88. The number of hydrogen-bond acceptors (Lipinski definition) is 2. The summed E-state index contributed by atoms with van der Waals surface area (Å²) in [6, 6.07) is 12.5. The summed E-state index contributed by atoms with van der Waals surface area (Å²) >= 11 is 0. The van der Waals surface area contributed by atoms with Crippen molar-refractivity contribution in [3.05, 3.63) is 43.8 Å². The number of hydroxylamine groups is 2. The van der Waals surface area contributed by atoms with Gasteiger partial charge in [-0.3, -0.25) is 0 Å². The van der Waals surface area contributed by atoms with E-state index in [0.29, 0.717) is 0 Å². The van der Waals surface area contributed by atoms with Crippen LogP contribution in [0, 0.1) is 19.4 Å². The molecule has 1 aliphatic heterocycles. The predicted octanol–water partition coefficient (Wildman–Crippen LogP) is 5.48. The molecule has 0 saturated carbocycles. The van der Waals surface area contributed by atoms with Gasteiger partial charge in [-0.1, -0.05) is 41.0 Å².